The maximum Gasteiger partial charge on any atom is 0.303 e. The van der Waals surface area contributed by atoms with Gasteiger partial charge in [0.05, 0.1) is 12.4 Å². The Kier molecular flexibility index (Phi) is 5.88. The summed E-state index contributed by atoms with van der Waals surface area (Å²) in [6.45, 7) is 2.52. The van der Waals surface area contributed by atoms with Crippen molar-refractivity contribution in [2.75, 3.05) is 12.4 Å². The van der Waals surface area contributed by atoms with Crippen LogP contribution in [0, 0.1) is 0 Å². The summed E-state index contributed by atoms with van der Waals surface area (Å²) in [5.41, 5.74) is -0.826. The molecule has 0 spiro atoms. The van der Waals surface area contributed by atoms with Gasteiger partial charge in [-0.25, -0.2) is 13.1 Å². The lowest BCUT2D eigenvalue weighted by Gasteiger charge is -2.25. The quantitative estimate of drug-likeness (QED) is 0.675. The number of alkyl halides is 1. The molecule has 0 aromatic rings. The van der Waals surface area contributed by atoms with Crippen molar-refractivity contribution in [1.29, 1.82) is 0 Å². The average Bonchev–Trinajstić information content (AvgIpc) is 2.10. The van der Waals surface area contributed by atoms with Gasteiger partial charge in [0.1, 0.15) is 0 Å². The molecule has 0 aliphatic rings. The van der Waals surface area contributed by atoms with Crippen LogP contribution in [0.1, 0.15) is 33.1 Å². The molecule has 0 rings (SSSR count). The lowest BCUT2D eigenvalue weighted by Crippen LogP contribution is -2.44. The molecule has 0 atom stereocenters. The normalized spacial score (nSPS) is 12.7. The summed E-state index contributed by atoms with van der Waals surface area (Å²) in [6, 6.07) is 0. The number of hydrogen-bond donors (Lipinski definition) is 2. The van der Waals surface area contributed by atoms with Crippen molar-refractivity contribution >= 4 is 16.0 Å². The molecule has 0 heterocycles. The highest BCUT2D eigenvalue weighted by atomic mass is 32.2. The van der Waals surface area contributed by atoms with Gasteiger partial charge < -0.3 is 5.11 Å². The number of carboxylic acids is 1. The van der Waals surface area contributed by atoms with E-state index in [0.29, 0.717) is 0 Å². The number of aliphatic carboxylic acids is 1. The molecular formula is C9H18FNO4S. The van der Waals surface area contributed by atoms with Gasteiger partial charge in [-0.15, -0.1) is 0 Å². The number of carbonyl (C=O) groups is 1. The minimum atomic E-state index is -3.53. The highest BCUT2D eigenvalue weighted by Gasteiger charge is 2.25. The van der Waals surface area contributed by atoms with E-state index in [4.69, 9.17) is 5.11 Å². The van der Waals surface area contributed by atoms with E-state index in [2.05, 4.69) is 4.72 Å². The third-order valence-corrected chi connectivity index (χ3v) is 3.63. The summed E-state index contributed by atoms with van der Waals surface area (Å²) in [6.07, 6.45) is 0.0279. The van der Waals surface area contributed by atoms with E-state index in [1.165, 1.54) is 0 Å². The fraction of sp³-hybridized carbons (Fsp3) is 0.889. The second-order valence-electron chi connectivity index (χ2n) is 4.24. The molecule has 96 valence electrons. The zero-order valence-electron chi connectivity index (χ0n) is 9.49. The predicted molar refractivity (Wildman–Crippen MR) is 58.5 cm³/mol. The third-order valence-electron chi connectivity index (χ3n) is 1.94. The van der Waals surface area contributed by atoms with Crippen LogP contribution < -0.4 is 4.72 Å². The Labute approximate surface area is 95.1 Å². The second kappa shape index (κ2) is 6.15. The van der Waals surface area contributed by atoms with Crippen molar-refractivity contribution in [3.63, 3.8) is 0 Å². The van der Waals surface area contributed by atoms with Gasteiger partial charge >= 0.3 is 5.97 Å². The van der Waals surface area contributed by atoms with Crippen molar-refractivity contribution < 1.29 is 22.7 Å². The molecule has 0 bridgehead atoms. The van der Waals surface area contributed by atoms with Crippen LogP contribution in [0.25, 0.3) is 0 Å². The maximum absolute atomic E-state index is 11.8. The van der Waals surface area contributed by atoms with Crippen molar-refractivity contribution in [3.05, 3.63) is 0 Å². The number of sulfonamides is 1. The molecule has 0 unspecified atom stereocenters. The molecule has 2 N–H and O–H groups in total. The molecule has 0 aliphatic carbocycles. The van der Waals surface area contributed by atoms with E-state index in [1.807, 2.05) is 0 Å². The number of rotatable bonds is 8. The van der Waals surface area contributed by atoms with Crippen LogP contribution in [-0.4, -0.2) is 37.5 Å². The third kappa shape index (κ3) is 7.58. The van der Waals surface area contributed by atoms with Crippen LogP contribution >= 0.6 is 0 Å². The largest absolute Gasteiger partial charge is 0.481 e. The van der Waals surface area contributed by atoms with E-state index in [9.17, 15) is 17.6 Å². The molecule has 0 saturated heterocycles. The van der Waals surface area contributed by atoms with Gasteiger partial charge in [0.2, 0.25) is 10.0 Å². The number of halogens is 1. The van der Waals surface area contributed by atoms with Crippen molar-refractivity contribution in [2.24, 2.45) is 0 Å². The highest BCUT2D eigenvalue weighted by molar-refractivity contribution is 7.89. The summed E-state index contributed by atoms with van der Waals surface area (Å²) in [5.74, 6) is -1.25. The molecular weight excluding hydrogens is 237 g/mol. The van der Waals surface area contributed by atoms with Gasteiger partial charge in [0, 0.05) is 12.0 Å². The summed E-state index contributed by atoms with van der Waals surface area (Å²) >= 11 is 0. The Morgan fingerprint density at radius 1 is 1.44 bits per heavy atom. The Morgan fingerprint density at radius 2 is 2.00 bits per heavy atom. The van der Waals surface area contributed by atoms with Gasteiger partial charge in [-0.1, -0.05) is 0 Å². The predicted octanol–water partition coefficient (Wildman–Crippen LogP) is 0.909. The molecule has 16 heavy (non-hydrogen) atoms. The average molecular weight is 255 g/mol. The van der Waals surface area contributed by atoms with Crippen molar-refractivity contribution in [1.82, 2.24) is 4.72 Å². The van der Waals surface area contributed by atoms with Crippen LogP contribution in [0.5, 0.6) is 0 Å². The van der Waals surface area contributed by atoms with Crippen LogP contribution in [-0.2, 0) is 14.8 Å². The van der Waals surface area contributed by atoms with Crippen LogP contribution in [0.3, 0.4) is 0 Å². The lowest BCUT2D eigenvalue weighted by atomic mass is 10.0. The molecule has 0 aromatic heterocycles. The maximum atomic E-state index is 11.8. The first kappa shape index (κ1) is 15.3. The van der Waals surface area contributed by atoms with Crippen LogP contribution in [0.15, 0.2) is 0 Å². The van der Waals surface area contributed by atoms with Gasteiger partial charge in [-0.3, -0.25) is 9.18 Å². The summed E-state index contributed by atoms with van der Waals surface area (Å²) in [5, 5.41) is 8.49. The molecule has 0 radical (unpaired) electrons. The van der Waals surface area contributed by atoms with E-state index in [-0.39, 0.29) is 25.0 Å². The first-order valence-electron chi connectivity index (χ1n) is 4.98. The number of hydrogen-bond acceptors (Lipinski definition) is 3. The summed E-state index contributed by atoms with van der Waals surface area (Å²) in [4.78, 5) is 10.4. The van der Waals surface area contributed by atoms with Crippen LogP contribution in [0.4, 0.5) is 4.39 Å². The van der Waals surface area contributed by atoms with E-state index < -0.39 is 28.2 Å². The first-order chi connectivity index (χ1) is 7.18. The number of carboxylic acid groups (broad SMARTS) is 1. The zero-order chi connectivity index (χ0) is 12.8. The number of nitrogens with one attached hydrogen (secondary N) is 1. The molecule has 0 aromatic carbocycles. The van der Waals surface area contributed by atoms with Crippen LogP contribution in [0.2, 0.25) is 0 Å². The molecule has 7 heteroatoms. The molecule has 5 nitrogen and oxygen atoms in total. The second-order valence-corrected chi connectivity index (χ2v) is 6.08. The van der Waals surface area contributed by atoms with E-state index in [0.717, 1.165) is 0 Å². The highest BCUT2D eigenvalue weighted by Crippen LogP contribution is 2.13. The van der Waals surface area contributed by atoms with E-state index in [1.54, 1.807) is 13.8 Å². The standard InChI is InChI=1S/C9H18FNO4S/c1-9(2,5-4-8(12)13)11-16(14,15)7-3-6-10/h11H,3-7H2,1-2H3,(H,12,13). The Bertz CT molecular complexity index is 326. The van der Waals surface area contributed by atoms with Gasteiger partial charge in [-0.2, -0.15) is 0 Å². The zero-order valence-corrected chi connectivity index (χ0v) is 10.3. The summed E-state index contributed by atoms with van der Waals surface area (Å²) < 4.78 is 37.1. The topological polar surface area (TPSA) is 83.5 Å². The SMILES string of the molecule is CC(C)(CCC(=O)O)NS(=O)(=O)CCCF. The Morgan fingerprint density at radius 3 is 2.44 bits per heavy atom. The Balaban J connectivity index is 4.28. The van der Waals surface area contributed by atoms with Crippen molar-refractivity contribution in [2.45, 2.75) is 38.6 Å². The molecule has 0 amide bonds. The molecule has 0 fully saturated rings. The summed E-state index contributed by atoms with van der Waals surface area (Å²) in [7, 11) is -3.53. The minimum absolute atomic E-state index is 0.0512. The lowest BCUT2D eigenvalue weighted by molar-refractivity contribution is -0.137. The van der Waals surface area contributed by atoms with E-state index >= 15 is 0 Å². The first-order valence-corrected chi connectivity index (χ1v) is 6.63. The van der Waals surface area contributed by atoms with Gasteiger partial charge in [0.25, 0.3) is 0 Å². The monoisotopic (exact) mass is 255 g/mol. The smallest absolute Gasteiger partial charge is 0.303 e. The molecule has 0 saturated carbocycles. The Hall–Kier alpha value is -0.690. The fourth-order valence-electron chi connectivity index (χ4n) is 1.19. The van der Waals surface area contributed by atoms with Gasteiger partial charge in [0.15, 0.2) is 0 Å². The van der Waals surface area contributed by atoms with Gasteiger partial charge in [-0.05, 0) is 26.7 Å². The minimum Gasteiger partial charge on any atom is -0.481 e. The fourth-order valence-corrected chi connectivity index (χ4v) is 2.72. The molecule has 0 aliphatic heterocycles. The van der Waals surface area contributed by atoms with Crippen molar-refractivity contribution in [3.8, 4) is 0 Å².